The number of rotatable bonds is 6. The van der Waals surface area contributed by atoms with Crippen molar-refractivity contribution in [2.45, 2.75) is 0 Å². The number of aromatic nitrogens is 1. The monoisotopic (exact) mass is 381 g/mol. The van der Waals surface area contributed by atoms with Gasteiger partial charge in [-0.05, 0) is 6.07 Å². The lowest BCUT2D eigenvalue weighted by atomic mass is 10.1. The fourth-order valence-corrected chi connectivity index (χ4v) is 3.21. The van der Waals surface area contributed by atoms with Crippen LogP contribution in [0.5, 0.6) is 0 Å². The molecule has 0 bridgehead atoms. The smallest absolute Gasteiger partial charge is 0.350 e. The number of esters is 1. The number of carboxylic acids is 1. The number of aromatic carboxylic acids is 1. The van der Waals surface area contributed by atoms with Crippen molar-refractivity contribution < 1.29 is 19.4 Å². The molecular weight excluding hydrogens is 366 g/mol. The normalized spacial score (nSPS) is 10.7. The van der Waals surface area contributed by atoms with E-state index in [0.29, 0.717) is 21.3 Å². The maximum Gasteiger partial charge on any atom is 0.350 e. The molecule has 0 radical (unpaired) electrons. The van der Waals surface area contributed by atoms with Gasteiger partial charge < -0.3 is 9.84 Å². The Bertz CT molecular complexity index is 999. The third kappa shape index (κ3) is 4.18. The van der Waals surface area contributed by atoms with E-state index < -0.39 is 11.9 Å². The van der Waals surface area contributed by atoms with E-state index >= 15 is 0 Å². The molecule has 136 valence electrons. The van der Waals surface area contributed by atoms with Crippen LogP contribution >= 0.6 is 11.3 Å². The van der Waals surface area contributed by atoms with Gasteiger partial charge in [-0.2, -0.15) is 5.10 Å². The summed E-state index contributed by atoms with van der Waals surface area (Å²) in [7, 11) is 1.31. The molecule has 3 rings (SSSR count). The zero-order chi connectivity index (χ0) is 19.2. The lowest BCUT2D eigenvalue weighted by Crippen LogP contribution is -2.02. The van der Waals surface area contributed by atoms with Gasteiger partial charge in [0.15, 0.2) is 0 Å². The van der Waals surface area contributed by atoms with Gasteiger partial charge in [0.25, 0.3) is 0 Å². The molecule has 8 heteroatoms. The highest BCUT2D eigenvalue weighted by Crippen LogP contribution is 2.31. The van der Waals surface area contributed by atoms with Gasteiger partial charge in [0, 0.05) is 11.1 Å². The number of nitrogens with zero attached hydrogens (tertiary/aromatic N) is 2. The van der Waals surface area contributed by atoms with Crippen molar-refractivity contribution in [2.75, 3.05) is 12.5 Å². The van der Waals surface area contributed by atoms with E-state index in [-0.39, 0.29) is 5.56 Å². The highest BCUT2D eigenvalue weighted by molar-refractivity contribution is 7.17. The number of carbonyl (C=O) groups excluding carboxylic acids is 1. The van der Waals surface area contributed by atoms with Crippen LogP contribution in [0.4, 0.5) is 5.13 Å². The summed E-state index contributed by atoms with van der Waals surface area (Å²) in [6, 6.07) is 15.8. The highest BCUT2D eigenvalue weighted by atomic mass is 32.1. The van der Waals surface area contributed by atoms with Crippen LogP contribution in [-0.4, -0.2) is 35.4 Å². The van der Waals surface area contributed by atoms with Gasteiger partial charge in [0.05, 0.1) is 24.6 Å². The molecule has 0 aliphatic heterocycles. The quantitative estimate of drug-likeness (QED) is 0.383. The minimum atomic E-state index is -1.04. The number of carboxylic acid groups (broad SMARTS) is 1. The SMILES string of the molecule is COC(=O)c1sc(N/N=C\c2ccccc2C(=O)O)nc1-c1ccccc1. The standard InChI is InChI=1S/C19H15N3O4S/c1-26-18(25)16-15(12-7-3-2-4-8-12)21-19(27-16)22-20-11-13-9-5-6-10-14(13)17(23)24/h2-11H,1H3,(H,21,22)(H,23,24)/b20-11-. The Morgan fingerprint density at radius 1 is 1.15 bits per heavy atom. The van der Waals surface area contributed by atoms with Crippen molar-refractivity contribution in [3.63, 3.8) is 0 Å². The molecule has 2 N–H and O–H groups in total. The summed E-state index contributed by atoms with van der Waals surface area (Å²) in [6.45, 7) is 0. The Morgan fingerprint density at radius 3 is 2.56 bits per heavy atom. The first-order valence-corrected chi connectivity index (χ1v) is 8.67. The first-order valence-electron chi connectivity index (χ1n) is 7.86. The summed E-state index contributed by atoms with van der Waals surface area (Å²) in [4.78, 5) is 28.0. The van der Waals surface area contributed by atoms with Crippen LogP contribution in [0.2, 0.25) is 0 Å². The number of methoxy groups -OCH3 is 1. The first-order chi connectivity index (χ1) is 13.1. The lowest BCUT2D eigenvalue weighted by molar-refractivity contribution is 0.0606. The molecule has 7 nitrogen and oxygen atoms in total. The van der Waals surface area contributed by atoms with E-state index in [1.54, 1.807) is 18.2 Å². The summed E-state index contributed by atoms with van der Waals surface area (Å²) >= 11 is 1.11. The number of carbonyl (C=O) groups is 2. The van der Waals surface area contributed by atoms with Crippen molar-refractivity contribution in [1.82, 2.24) is 4.98 Å². The average Bonchev–Trinajstić information content (AvgIpc) is 3.12. The third-order valence-electron chi connectivity index (χ3n) is 3.60. The second kappa shape index (κ2) is 8.24. The lowest BCUT2D eigenvalue weighted by Gasteiger charge is -2.00. The zero-order valence-corrected chi connectivity index (χ0v) is 15.1. The largest absolute Gasteiger partial charge is 0.478 e. The van der Waals surface area contributed by atoms with Crippen molar-refractivity contribution in [3.8, 4) is 11.3 Å². The van der Waals surface area contributed by atoms with E-state index in [9.17, 15) is 14.7 Å². The number of hydrogen-bond acceptors (Lipinski definition) is 7. The molecule has 0 saturated heterocycles. The number of anilines is 1. The number of ether oxygens (including phenoxy) is 1. The highest BCUT2D eigenvalue weighted by Gasteiger charge is 2.20. The van der Waals surface area contributed by atoms with Crippen LogP contribution in [0.1, 0.15) is 25.6 Å². The average molecular weight is 381 g/mol. The predicted octanol–water partition coefficient (Wildman–Crippen LogP) is 3.74. The van der Waals surface area contributed by atoms with Gasteiger partial charge in [-0.3, -0.25) is 5.43 Å². The number of nitrogens with one attached hydrogen (secondary N) is 1. The summed E-state index contributed by atoms with van der Waals surface area (Å²) in [5, 5.41) is 13.6. The Kier molecular flexibility index (Phi) is 5.58. The molecule has 0 unspecified atom stereocenters. The maximum absolute atomic E-state index is 12.1. The number of thiazole rings is 1. The summed E-state index contributed by atoms with van der Waals surface area (Å²) < 4.78 is 4.83. The minimum Gasteiger partial charge on any atom is -0.478 e. The van der Waals surface area contributed by atoms with Crippen LogP contribution in [-0.2, 0) is 4.74 Å². The van der Waals surface area contributed by atoms with Crippen LogP contribution < -0.4 is 5.43 Å². The summed E-state index contributed by atoms with van der Waals surface area (Å²) in [6.07, 6.45) is 1.39. The molecule has 0 spiro atoms. The molecule has 0 aliphatic carbocycles. The Labute approximate surface area is 159 Å². The molecule has 0 amide bonds. The van der Waals surface area contributed by atoms with Crippen molar-refractivity contribution in [1.29, 1.82) is 0 Å². The fraction of sp³-hybridized carbons (Fsp3) is 0.0526. The number of hydrogen-bond donors (Lipinski definition) is 2. The van der Waals surface area contributed by atoms with E-state index in [1.807, 2.05) is 30.3 Å². The van der Waals surface area contributed by atoms with E-state index in [1.165, 1.54) is 19.4 Å². The molecule has 1 heterocycles. The van der Waals surface area contributed by atoms with Gasteiger partial charge in [0.1, 0.15) is 4.88 Å². The fourth-order valence-electron chi connectivity index (χ4n) is 2.35. The van der Waals surface area contributed by atoms with Crippen molar-refractivity contribution in [2.24, 2.45) is 5.10 Å². The molecular formula is C19H15N3O4S. The predicted molar refractivity (Wildman–Crippen MR) is 104 cm³/mol. The van der Waals surface area contributed by atoms with Crippen molar-refractivity contribution in [3.05, 3.63) is 70.6 Å². The van der Waals surface area contributed by atoms with Crippen LogP contribution in [0.3, 0.4) is 0 Å². The summed E-state index contributed by atoms with van der Waals surface area (Å²) in [5.41, 5.74) is 4.61. The molecule has 3 aromatic rings. The van der Waals surface area contributed by atoms with E-state index in [2.05, 4.69) is 15.5 Å². The zero-order valence-electron chi connectivity index (χ0n) is 14.2. The van der Waals surface area contributed by atoms with Gasteiger partial charge in [-0.1, -0.05) is 59.9 Å². The van der Waals surface area contributed by atoms with E-state index in [0.717, 1.165) is 16.9 Å². The van der Waals surface area contributed by atoms with Crippen molar-refractivity contribution >= 4 is 34.6 Å². The number of hydrazone groups is 1. The molecule has 0 atom stereocenters. The second-order valence-electron chi connectivity index (χ2n) is 5.32. The van der Waals surface area contributed by atoms with E-state index in [4.69, 9.17) is 4.74 Å². The Balaban J connectivity index is 1.87. The first kappa shape index (κ1) is 18.3. The maximum atomic E-state index is 12.1. The molecule has 0 aliphatic rings. The van der Waals surface area contributed by atoms with Gasteiger partial charge in [-0.15, -0.1) is 0 Å². The molecule has 1 aromatic heterocycles. The van der Waals surface area contributed by atoms with Gasteiger partial charge >= 0.3 is 11.9 Å². The Morgan fingerprint density at radius 2 is 1.85 bits per heavy atom. The van der Waals surface area contributed by atoms with Crippen LogP contribution in [0, 0.1) is 0 Å². The summed E-state index contributed by atoms with van der Waals surface area (Å²) in [5.74, 6) is -1.52. The minimum absolute atomic E-state index is 0.141. The molecule has 0 saturated carbocycles. The Hall–Kier alpha value is -3.52. The van der Waals surface area contributed by atoms with Crippen LogP contribution in [0.15, 0.2) is 59.7 Å². The third-order valence-corrected chi connectivity index (χ3v) is 4.54. The molecule has 0 fully saturated rings. The van der Waals surface area contributed by atoms with Crippen LogP contribution in [0.25, 0.3) is 11.3 Å². The number of benzene rings is 2. The second-order valence-corrected chi connectivity index (χ2v) is 6.32. The molecule has 27 heavy (non-hydrogen) atoms. The van der Waals surface area contributed by atoms with Gasteiger partial charge in [0.2, 0.25) is 5.13 Å². The topological polar surface area (TPSA) is 101 Å². The molecule has 2 aromatic carbocycles. The van der Waals surface area contributed by atoms with Gasteiger partial charge in [-0.25, -0.2) is 14.6 Å².